The monoisotopic (exact) mass is 502 g/mol. The Morgan fingerprint density at radius 1 is 1.03 bits per heavy atom. The molecule has 0 fully saturated rings. The number of amides is 2. The van der Waals surface area contributed by atoms with Crippen molar-refractivity contribution < 1.29 is 33.0 Å². The lowest BCUT2D eigenvalue weighted by Crippen LogP contribution is -2.39. The molecule has 2 atom stereocenters. The molecule has 2 heterocycles. The Kier molecular flexibility index (Phi) is 8.04. The number of benzene rings is 1. The Balaban J connectivity index is 2.05. The molecular weight excluding hydrogens is 478 g/mol. The number of carbonyl (C=O) groups excluding carboxylic acids is 1. The van der Waals surface area contributed by atoms with Crippen molar-refractivity contribution in [3.63, 3.8) is 0 Å². The van der Waals surface area contributed by atoms with Crippen molar-refractivity contribution in [3.05, 3.63) is 65.2 Å². The number of carbonyl (C=O) groups is 2. The summed E-state index contributed by atoms with van der Waals surface area (Å²) in [5.41, 5.74) is 5.84. The van der Waals surface area contributed by atoms with Gasteiger partial charge in [-0.1, -0.05) is 12.1 Å². The number of ether oxygens (including phenoxy) is 2. The molecule has 11 nitrogen and oxygen atoms in total. The van der Waals surface area contributed by atoms with Gasteiger partial charge >= 0.3 is 6.09 Å². The zero-order chi connectivity index (χ0) is 26.4. The van der Waals surface area contributed by atoms with E-state index in [9.17, 15) is 14.0 Å². The number of halogens is 2. The summed E-state index contributed by atoms with van der Waals surface area (Å²) in [4.78, 5) is 31.5. The molecule has 0 saturated heterocycles. The SMILES string of the molecule is COc1cc(Nc2nc(N[C@@H](c3cccc(F)c3)[C@H](C)NC(=O)O)c(F)cc2C(N)=O)cc(OC)n1. The second-order valence-electron chi connectivity index (χ2n) is 7.56. The van der Waals surface area contributed by atoms with Crippen LogP contribution in [0.5, 0.6) is 11.8 Å². The average Bonchev–Trinajstić information content (AvgIpc) is 2.82. The highest BCUT2D eigenvalue weighted by Crippen LogP contribution is 2.30. The second kappa shape index (κ2) is 11.2. The summed E-state index contributed by atoms with van der Waals surface area (Å²) in [6.45, 7) is 1.51. The molecule has 36 heavy (non-hydrogen) atoms. The minimum absolute atomic E-state index is 0.112. The van der Waals surface area contributed by atoms with Crippen molar-refractivity contribution in [2.45, 2.75) is 19.0 Å². The minimum atomic E-state index is -1.33. The van der Waals surface area contributed by atoms with Crippen molar-refractivity contribution in [2.24, 2.45) is 5.73 Å². The molecule has 2 aromatic heterocycles. The zero-order valence-electron chi connectivity index (χ0n) is 19.5. The number of hydrogen-bond donors (Lipinski definition) is 5. The Labute approximate surface area is 204 Å². The van der Waals surface area contributed by atoms with Crippen molar-refractivity contribution >= 4 is 29.3 Å². The summed E-state index contributed by atoms with van der Waals surface area (Å²) in [6, 6.07) is 7.46. The molecule has 1 aromatic carbocycles. The number of nitrogens with two attached hydrogens (primary N) is 1. The molecule has 0 spiro atoms. The van der Waals surface area contributed by atoms with E-state index in [0.717, 1.165) is 6.07 Å². The molecule has 3 rings (SSSR count). The van der Waals surface area contributed by atoms with Gasteiger partial charge in [0.2, 0.25) is 11.8 Å². The van der Waals surface area contributed by atoms with Gasteiger partial charge in [-0.2, -0.15) is 4.98 Å². The van der Waals surface area contributed by atoms with Crippen LogP contribution in [0.3, 0.4) is 0 Å². The maximum Gasteiger partial charge on any atom is 0.404 e. The van der Waals surface area contributed by atoms with Crippen LogP contribution in [0.2, 0.25) is 0 Å². The standard InChI is InChI=1S/C23H24F2N6O5/c1-11(27-23(33)34)19(12-5-4-6-13(24)7-12)30-22-16(25)10-15(20(26)32)21(31-22)28-14-8-17(35-2)29-18(9-14)36-3/h4-11,19,27H,1-3H3,(H2,26,32)(H,33,34)(H2,28,29,30,31)/t11-,19+/m0/s1. The van der Waals surface area contributed by atoms with E-state index >= 15 is 4.39 Å². The average molecular weight is 502 g/mol. The van der Waals surface area contributed by atoms with Crippen LogP contribution in [0, 0.1) is 11.6 Å². The predicted molar refractivity (Wildman–Crippen MR) is 127 cm³/mol. The quantitative estimate of drug-likeness (QED) is 0.280. The number of nitrogens with one attached hydrogen (secondary N) is 3. The van der Waals surface area contributed by atoms with Gasteiger partial charge in [-0.15, -0.1) is 0 Å². The summed E-state index contributed by atoms with van der Waals surface area (Å²) in [7, 11) is 2.80. The van der Waals surface area contributed by atoms with E-state index in [1.165, 1.54) is 51.5 Å². The van der Waals surface area contributed by atoms with Gasteiger partial charge in [-0.05, 0) is 30.7 Å². The smallest absolute Gasteiger partial charge is 0.404 e. The Morgan fingerprint density at radius 3 is 2.25 bits per heavy atom. The van der Waals surface area contributed by atoms with Crippen molar-refractivity contribution in [1.82, 2.24) is 15.3 Å². The molecule has 2 amide bonds. The van der Waals surface area contributed by atoms with Crippen LogP contribution >= 0.6 is 0 Å². The van der Waals surface area contributed by atoms with Gasteiger partial charge in [0.1, 0.15) is 11.6 Å². The normalized spacial score (nSPS) is 12.2. The van der Waals surface area contributed by atoms with E-state index < -0.39 is 35.7 Å². The molecule has 0 aliphatic rings. The molecule has 0 aliphatic carbocycles. The second-order valence-corrected chi connectivity index (χ2v) is 7.56. The molecule has 13 heteroatoms. The third kappa shape index (κ3) is 6.25. The van der Waals surface area contributed by atoms with Crippen LogP contribution in [0.25, 0.3) is 0 Å². The molecule has 0 aliphatic heterocycles. The van der Waals surface area contributed by atoms with Gasteiger partial charge < -0.3 is 36.3 Å². The number of aromatic nitrogens is 2. The van der Waals surface area contributed by atoms with Gasteiger partial charge in [-0.3, -0.25) is 4.79 Å². The topological polar surface area (TPSA) is 161 Å². The predicted octanol–water partition coefficient (Wildman–Crippen LogP) is 3.42. The Morgan fingerprint density at radius 2 is 1.69 bits per heavy atom. The number of rotatable bonds is 10. The minimum Gasteiger partial charge on any atom is -0.481 e. The number of methoxy groups -OCH3 is 2. The zero-order valence-corrected chi connectivity index (χ0v) is 19.5. The summed E-state index contributed by atoms with van der Waals surface area (Å²) in [6.07, 6.45) is -1.33. The number of nitrogens with zero attached hydrogens (tertiary/aromatic N) is 2. The van der Waals surface area contributed by atoms with Crippen LogP contribution in [0.4, 0.5) is 30.9 Å². The lowest BCUT2D eigenvalue weighted by molar-refractivity contribution is 0.1000. The summed E-state index contributed by atoms with van der Waals surface area (Å²) >= 11 is 0. The number of anilines is 3. The molecule has 0 bridgehead atoms. The largest absolute Gasteiger partial charge is 0.481 e. The maximum atomic E-state index is 15.0. The van der Waals surface area contributed by atoms with Crippen molar-refractivity contribution in [2.75, 3.05) is 24.9 Å². The fourth-order valence-corrected chi connectivity index (χ4v) is 3.39. The first kappa shape index (κ1) is 25.9. The lowest BCUT2D eigenvalue weighted by Gasteiger charge is -2.26. The maximum absolute atomic E-state index is 15.0. The molecular formula is C23H24F2N6O5. The number of hydrogen-bond acceptors (Lipinski definition) is 8. The van der Waals surface area contributed by atoms with E-state index in [2.05, 4.69) is 25.9 Å². The first-order valence-corrected chi connectivity index (χ1v) is 10.5. The lowest BCUT2D eigenvalue weighted by atomic mass is 10.00. The van der Waals surface area contributed by atoms with Crippen LogP contribution in [0.1, 0.15) is 28.9 Å². The number of primary amides is 1. The summed E-state index contributed by atoms with van der Waals surface area (Å²) in [5.74, 6) is -2.53. The Hall–Kier alpha value is -4.68. The van der Waals surface area contributed by atoms with Gasteiger partial charge in [0.25, 0.3) is 5.91 Å². The fraction of sp³-hybridized carbons (Fsp3) is 0.217. The summed E-state index contributed by atoms with van der Waals surface area (Å²) < 4.78 is 39.2. The number of pyridine rings is 2. The summed E-state index contributed by atoms with van der Waals surface area (Å²) in [5, 5.41) is 17.1. The van der Waals surface area contributed by atoms with E-state index in [0.29, 0.717) is 11.3 Å². The van der Waals surface area contributed by atoms with Crippen molar-refractivity contribution in [3.8, 4) is 11.8 Å². The van der Waals surface area contributed by atoms with Gasteiger partial charge in [0, 0.05) is 12.1 Å². The van der Waals surface area contributed by atoms with Crippen LogP contribution in [-0.2, 0) is 0 Å². The fourth-order valence-electron chi connectivity index (χ4n) is 3.39. The first-order chi connectivity index (χ1) is 17.1. The van der Waals surface area contributed by atoms with Gasteiger partial charge in [0.05, 0.1) is 37.6 Å². The molecule has 0 saturated carbocycles. The molecule has 6 N–H and O–H groups in total. The number of carboxylic acid groups (broad SMARTS) is 1. The Bertz CT molecular complexity index is 1250. The van der Waals surface area contributed by atoms with E-state index in [1.54, 1.807) is 6.07 Å². The van der Waals surface area contributed by atoms with Gasteiger partial charge in [-0.25, -0.2) is 18.6 Å². The highest BCUT2D eigenvalue weighted by molar-refractivity contribution is 5.98. The van der Waals surface area contributed by atoms with Gasteiger partial charge in [0.15, 0.2) is 11.6 Å². The highest BCUT2D eigenvalue weighted by Gasteiger charge is 2.25. The highest BCUT2D eigenvalue weighted by atomic mass is 19.1. The molecule has 0 radical (unpaired) electrons. The van der Waals surface area contributed by atoms with Crippen LogP contribution < -0.4 is 31.2 Å². The third-order valence-corrected chi connectivity index (χ3v) is 5.05. The van der Waals surface area contributed by atoms with E-state index in [-0.39, 0.29) is 29.0 Å². The molecule has 0 unspecified atom stereocenters. The first-order valence-electron chi connectivity index (χ1n) is 10.5. The van der Waals surface area contributed by atoms with Crippen LogP contribution in [-0.4, -0.2) is 47.3 Å². The van der Waals surface area contributed by atoms with Crippen molar-refractivity contribution in [1.29, 1.82) is 0 Å². The van der Waals surface area contributed by atoms with E-state index in [4.69, 9.17) is 20.3 Å². The third-order valence-electron chi connectivity index (χ3n) is 5.05. The molecule has 190 valence electrons. The molecule has 3 aromatic rings. The van der Waals surface area contributed by atoms with Crippen LogP contribution in [0.15, 0.2) is 42.5 Å². The van der Waals surface area contributed by atoms with E-state index in [1.807, 2.05) is 0 Å².